The number of thioether (sulfide) groups is 1. The first-order valence-corrected chi connectivity index (χ1v) is 9.49. The molecule has 1 aliphatic rings. The Morgan fingerprint density at radius 2 is 1.67 bits per heavy atom. The van der Waals surface area contributed by atoms with E-state index in [1.807, 2.05) is 31.2 Å². The third-order valence-corrected chi connectivity index (χ3v) is 4.95. The Morgan fingerprint density at radius 1 is 1.04 bits per heavy atom. The highest BCUT2D eigenvalue weighted by Gasteiger charge is 2.43. The predicted molar refractivity (Wildman–Crippen MR) is 98.1 cm³/mol. The van der Waals surface area contributed by atoms with E-state index in [0.29, 0.717) is 6.42 Å². The van der Waals surface area contributed by atoms with Crippen LogP contribution >= 0.6 is 11.8 Å². The number of carbonyl (C=O) groups is 3. The minimum Gasteiger partial charge on any atom is -0.463 e. The number of benzene rings is 1. The highest BCUT2D eigenvalue weighted by Crippen LogP contribution is 2.35. The van der Waals surface area contributed by atoms with Gasteiger partial charge in [-0.3, -0.25) is 14.4 Å². The molecule has 4 atom stereocenters. The van der Waals surface area contributed by atoms with Crippen LogP contribution in [0.3, 0.4) is 0 Å². The van der Waals surface area contributed by atoms with Crippen LogP contribution in [0.5, 0.6) is 0 Å². The van der Waals surface area contributed by atoms with E-state index in [1.54, 1.807) is 0 Å². The smallest absolute Gasteiger partial charge is 0.303 e. The van der Waals surface area contributed by atoms with Crippen LogP contribution in [0, 0.1) is 6.92 Å². The zero-order valence-electron chi connectivity index (χ0n) is 15.8. The van der Waals surface area contributed by atoms with Gasteiger partial charge < -0.3 is 18.9 Å². The van der Waals surface area contributed by atoms with Crippen LogP contribution in [0.25, 0.3) is 0 Å². The molecule has 1 aromatic carbocycles. The van der Waals surface area contributed by atoms with Crippen molar-refractivity contribution in [3.05, 3.63) is 29.8 Å². The molecular formula is C19H24O7S. The van der Waals surface area contributed by atoms with Gasteiger partial charge in [0.2, 0.25) is 0 Å². The average Bonchev–Trinajstić information content (AvgIpc) is 2.56. The number of aryl methyl sites for hydroxylation is 1. The summed E-state index contributed by atoms with van der Waals surface area (Å²) in [5.41, 5.74) is 0.786. The summed E-state index contributed by atoms with van der Waals surface area (Å²) in [7, 11) is 0. The van der Waals surface area contributed by atoms with Gasteiger partial charge in [-0.25, -0.2) is 0 Å². The zero-order chi connectivity index (χ0) is 20.0. The lowest BCUT2D eigenvalue weighted by Gasteiger charge is -2.39. The van der Waals surface area contributed by atoms with Gasteiger partial charge in [0, 0.05) is 32.1 Å². The van der Waals surface area contributed by atoms with E-state index < -0.39 is 36.2 Å². The molecule has 0 aliphatic carbocycles. The fraction of sp³-hybridized carbons (Fsp3) is 0.526. The lowest BCUT2D eigenvalue weighted by Crippen LogP contribution is -2.53. The van der Waals surface area contributed by atoms with Gasteiger partial charge in [-0.1, -0.05) is 29.5 Å². The van der Waals surface area contributed by atoms with Gasteiger partial charge in [0.1, 0.15) is 24.3 Å². The van der Waals surface area contributed by atoms with Crippen LogP contribution in [0.2, 0.25) is 0 Å². The van der Waals surface area contributed by atoms with Gasteiger partial charge in [-0.2, -0.15) is 0 Å². The molecular weight excluding hydrogens is 372 g/mol. The third kappa shape index (κ3) is 6.88. The van der Waals surface area contributed by atoms with Crippen LogP contribution in [-0.2, 0) is 33.3 Å². The number of rotatable bonds is 6. The number of carbonyl (C=O) groups excluding carboxylic acids is 3. The van der Waals surface area contributed by atoms with Gasteiger partial charge >= 0.3 is 17.9 Å². The Hall–Kier alpha value is -2.06. The molecule has 27 heavy (non-hydrogen) atoms. The first-order valence-electron chi connectivity index (χ1n) is 8.61. The summed E-state index contributed by atoms with van der Waals surface area (Å²) in [5, 5.41) is 0. The third-order valence-electron chi connectivity index (χ3n) is 3.84. The van der Waals surface area contributed by atoms with E-state index in [0.717, 1.165) is 10.5 Å². The molecule has 0 amide bonds. The molecule has 0 spiro atoms. The maximum Gasteiger partial charge on any atom is 0.303 e. The summed E-state index contributed by atoms with van der Waals surface area (Å²) >= 11 is 1.47. The monoisotopic (exact) mass is 396 g/mol. The lowest BCUT2D eigenvalue weighted by atomic mass is 10.0. The molecule has 1 aliphatic heterocycles. The van der Waals surface area contributed by atoms with Crippen molar-refractivity contribution in [3.8, 4) is 0 Å². The molecule has 0 radical (unpaired) electrons. The second-order valence-corrected chi connectivity index (χ2v) is 7.53. The van der Waals surface area contributed by atoms with E-state index in [4.69, 9.17) is 18.9 Å². The molecule has 1 unspecified atom stereocenters. The molecule has 2 rings (SSSR count). The maximum absolute atomic E-state index is 11.5. The summed E-state index contributed by atoms with van der Waals surface area (Å²) in [4.78, 5) is 35.2. The number of esters is 3. The normalized spacial score (nSPS) is 24.7. The van der Waals surface area contributed by atoms with Gasteiger partial charge in [-0.15, -0.1) is 0 Å². The number of hydrogen-bond acceptors (Lipinski definition) is 8. The van der Waals surface area contributed by atoms with Crippen LogP contribution in [-0.4, -0.2) is 48.3 Å². The molecule has 8 heteroatoms. The van der Waals surface area contributed by atoms with E-state index in [1.165, 1.54) is 32.5 Å². The van der Waals surface area contributed by atoms with Crippen LogP contribution < -0.4 is 0 Å². The number of hydrogen-bond donors (Lipinski definition) is 0. The van der Waals surface area contributed by atoms with Crippen molar-refractivity contribution >= 4 is 29.7 Å². The van der Waals surface area contributed by atoms with Crippen LogP contribution in [0.4, 0.5) is 0 Å². The van der Waals surface area contributed by atoms with Crippen LogP contribution in [0.15, 0.2) is 29.2 Å². The Bertz CT molecular complexity index is 673. The molecule has 1 saturated heterocycles. The Morgan fingerprint density at radius 3 is 2.22 bits per heavy atom. The fourth-order valence-electron chi connectivity index (χ4n) is 2.74. The second kappa shape index (κ2) is 9.75. The summed E-state index contributed by atoms with van der Waals surface area (Å²) in [6, 6.07) is 7.94. The summed E-state index contributed by atoms with van der Waals surface area (Å²) in [5.74, 6) is -1.49. The maximum atomic E-state index is 11.5. The van der Waals surface area contributed by atoms with Gasteiger partial charge in [0.25, 0.3) is 0 Å². The minimum atomic E-state index is -0.847. The van der Waals surface area contributed by atoms with Crippen molar-refractivity contribution in [2.45, 2.75) is 62.8 Å². The molecule has 148 valence electrons. The summed E-state index contributed by atoms with van der Waals surface area (Å²) in [6.45, 7) is 5.74. The largest absolute Gasteiger partial charge is 0.463 e. The molecule has 1 heterocycles. The Balaban J connectivity index is 2.19. The van der Waals surface area contributed by atoms with Crippen LogP contribution in [0.1, 0.15) is 32.8 Å². The summed E-state index contributed by atoms with van der Waals surface area (Å²) < 4.78 is 21.8. The quantitative estimate of drug-likeness (QED) is 0.536. The van der Waals surface area contributed by atoms with Crippen molar-refractivity contribution in [1.82, 2.24) is 0 Å². The molecule has 0 aromatic heterocycles. The standard InChI is InChI=1S/C19H24O7S/c1-11-5-7-15(8-6-11)27-18-9-16(24-13(3)21)19(25-14(4)22)17(26-18)10-23-12(2)20/h5-8,16-19H,9-10H2,1-4H3/t16-,17-,18?,19-/m1/s1. The number of ether oxygens (including phenoxy) is 4. The van der Waals surface area contributed by atoms with E-state index in [-0.39, 0.29) is 12.0 Å². The zero-order valence-corrected chi connectivity index (χ0v) is 16.6. The van der Waals surface area contributed by atoms with E-state index >= 15 is 0 Å². The predicted octanol–water partition coefficient (Wildman–Crippen LogP) is 2.63. The highest BCUT2D eigenvalue weighted by molar-refractivity contribution is 7.99. The summed E-state index contributed by atoms with van der Waals surface area (Å²) in [6.07, 6.45) is -1.93. The second-order valence-electron chi connectivity index (χ2n) is 6.30. The Kier molecular flexibility index (Phi) is 7.67. The SMILES string of the molecule is CC(=O)OC[C@H]1OC(Sc2ccc(C)cc2)C[C@@H](OC(C)=O)[C@H]1OC(C)=O. The van der Waals surface area contributed by atoms with Crippen molar-refractivity contribution in [1.29, 1.82) is 0 Å². The molecule has 0 N–H and O–H groups in total. The van der Waals surface area contributed by atoms with Crippen molar-refractivity contribution in [3.63, 3.8) is 0 Å². The van der Waals surface area contributed by atoms with Crippen molar-refractivity contribution in [2.24, 2.45) is 0 Å². The molecule has 0 saturated carbocycles. The van der Waals surface area contributed by atoms with Gasteiger partial charge in [-0.05, 0) is 19.1 Å². The molecule has 1 fully saturated rings. The van der Waals surface area contributed by atoms with E-state index in [2.05, 4.69) is 0 Å². The Labute approximate surface area is 162 Å². The van der Waals surface area contributed by atoms with Crippen molar-refractivity contribution in [2.75, 3.05) is 6.61 Å². The lowest BCUT2D eigenvalue weighted by molar-refractivity contribution is -0.204. The topological polar surface area (TPSA) is 88.1 Å². The van der Waals surface area contributed by atoms with Gasteiger partial charge in [0.15, 0.2) is 6.10 Å². The molecule has 0 bridgehead atoms. The minimum absolute atomic E-state index is 0.101. The van der Waals surface area contributed by atoms with E-state index in [9.17, 15) is 14.4 Å². The molecule has 7 nitrogen and oxygen atoms in total. The first kappa shape index (κ1) is 21.2. The first-order chi connectivity index (χ1) is 12.7. The molecule has 1 aromatic rings. The van der Waals surface area contributed by atoms with Gasteiger partial charge in [0.05, 0.1) is 0 Å². The van der Waals surface area contributed by atoms with Crippen molar-refractivity contribution < 1.29 is 33.3 Å². The average molecular weight is 396 g/mol. The fourth-order valence-corrected chi connectivity index (χ4v) is 3.82. The highest BCUT2D eigenvalue weighted by atomic mass is 32.2.